The van der Waals surface area contributed by atoms with Crippen LogP contribution >= 0.6 is 23.4 Å². The third kappa shape index (κ3) is 3.62. The van der Waals surface area contributed by atoms with Gasteiger partial charge in [0.05, 0.1) is 4.91 Å². The van der Waals surface area contributed by atoms with Crippen molar-refractivity contribution in [3.63, 3.8) is 0 Å². The molecule has 2 amide bonds. The van der Waals surface area contributed by atoms with Crippen LogP contribution in [0.2, 0.25) is 5.02 Å². The normalized spacial score (nSPS) is 17.3. The minimum atomic E-state index is -0.254. The maximum atomic E-state index is 12.1. The zero-order valence-corrected chi connectivity index (χ0v) is 12.5. The lowest BCUT2D eigenvalue weighted by Gasteiger charge is -2.11. The molecule has 0 atom stereocenters. The Morgan fingerprint density at radius 1 is 1.40 bits per heavy atom. The number of nitrogens with zero attached hydrogens (tertiary/aromatic N) is 1. The first-order chi connectivity index (χ1) is 9.61. The zero-order valence-electron chi connectivity index (χ0n) is 11.0. The van der Waals surface area contributed by atoms with Crippen LogP contribution in [0.3, 0.4) is 0 Å². The molecule has 0 unspecified atom stereocenters. The molecule has 1 saturated heterocycles. The van der Waals surface area contributed by atoms with Crippen molar-refractivity contribution >= 4 is 40.6 Å². The topological polar surface area (TPSA) is 46.6 Å². The summed E-state index contributed by atoms with van der Waals surface area (Å²) in [6.07, 6.45) is 2.33. The first kappa shape index (κ1) is 15.1. The molecular formula is C14H14ClNO3S. The van der Waals surface area contributed by atoms with Crippen LogP contribution in [-0.2, 0) is 9.53 Å². The summed E-state index contributed by atoms with van der Waals surface area (Å²) < 4.78 is 4.92. The second kappa shape index (κ2) is 6.92. The highest BCUT2D eigenvalue weighted by molar-refractivity contribution is 8.18. The summed E-state index contributed by atoms with van der Waals surface area (Å²) in [5, 5.41) is 0.359. The number of halogens is 1. The Kier molecular flexibility index (Phi) is 5.23. The van der Waals surface area contributed by atoms with E-state index in [1.165, 1.54) is 4.90 Å². The smallest absolute Gasteiger partial charge is 0.293 e. The minimum absolute atomic E-state index is 0.237. The van der Waals surface area contributed by atoms with Crippen molar-refractivity contribution < 1.29 is 14.3 Å². The van der Waals surface area contributed by atoms with Gasteiger partial charge < -0.3 is 4.74 Å². The van der Waals surface area contributed by atoms with E-state index in [1.54, 1.807) is 31.4 Å². The number of amides is 2. The monoisotopic (exact) mass is 311 g/mol. The second-order valence-electron chi connectivity index (χ2n) is 4.23. The van der Waals surface area contributed by atoms with Gasteiger partial charge in [-0.15, -0.1) is 0 Å². The van der Waals surface area contributed by atoms with Gasteiger partial charge in [-0.1, -0.05) is 23.7 Å². The average Bonchev–Trinajstić information content (AvgIpc) is 2.66. The summed E-state index contributed by atoms with van der Waals surface area (Å²) in [5.74, 6) is -0.254. The highest BCUT2D eigenvalue weighted by Crippen LogP contribution is 2.32. The number of ether oxygens (including phenoxy) is 1. The lowest BCUT2D eigenvalue weighted by molar-refractivity contribution is -0.122. The first-order valence-corrected chi connectivity index (χ1v) is 7.31. The third-order valence-electron chi connectivity index (χ3n) is 2.75. The molecule has 2 rings (SSSR count). The van der Waals surface area contributed by atoms with Crippen LogP contribution in [0, 0.1) is 0 Å². The summed E-state index contributed by atoms with van der Waals surface area (Å²) in [4.78, 5) is 25.6. The van der Waals surface area contributed by atoms with Gasteiger partial charge in [0.25, 0.3) is 11.1 Å². The number of benzene rings is 1. The highest BCUT2D eigenvalue weighted by Gasteiger charge is 2.34. The SMILES string of the molecule is COCCCN1C(=O)S/C(=C/c2cccc(Cl)c2)C1=O. The van der Waals surface area contributed by atoms with Crippen LogP contribution in [0.4, 0.5) is 4.79 Å². The lowest BCUT2D eigenvalue weighted by atomic mass is 10.2. The standard InChI is InChI=1S/C14H14ClNO3S/c1-19-7-3-6-16-13(17)12(20-14(16)18)9-10-4-2-5-11(15)8-10/h2,4-5,8-9H,3,6-7H2,1H3/b12-9+. The molecule has 106 valence electrons. The van der Waals surface area contributed by atoms with Gasteiger partial charge in [-0.2, -0.15) is 0 Å². The Balaban J connectivity index is 2.11. The summed E-state index contributed by atoms with van der Waals surface area (Å²) in [7, 11) is 1.59. The molecule has 0 aliphatic carbocycles. The molecule has 20 heavy (non-hydrogen) atoms. The van der Waals surface area contributed by atoms with Gasteiger partial charge in [0, 0.05) is 25.3 Å². The predicted octanol–water partition coefficient (Wildman–Crippen LogP) is 3.41. The molecule has 0 aromatic heterocycles. The van der Waals surface area contributed by atoms with Gasteiger partial charge in [-0.3, -0.25) is 14.5 Å². The largest absolute Gasteiger partial charge is 0.385 e. The van der Waals surface area contributed by atoms with E-state index in [4.69, 9.17) is 16.3 Å². The molecule has 1 aliphatic rings. The van der Waals surface area contributed by atoms with E-state index < -0.39 is 0 Å². The minimum Gasteiger partial charge on any atom is -0.385 e. The second-order valence-corrected chi connectivity index (χ2v) is 5.66. The number of methoxy groups -OCH3 is 1. The number of hydrogen-bond donors (Lipinski definition) is 0. The van der Waals surface area contributed by atoms with Crippen molar-refractivity contribution in [1.29, 1.82) is 0 Å². The molecule has 0 radical (unpaired) electrons. The summed E-state index contributed by atoms with van der Waals surface area (Å²) in [5.41, 5.74) is 0.805. The Morgan fingerprint density at radius 3 is 2.90 bits per heavy atom. The Hall–Kier alpha value is -1.30. The van der Waals surface area contributed by atoms with E-state index in [-0.39, 0.29) is 11.1 Å². The van der Waals surface area contributed by atoms with E-state index in [2.05, 4.69) is 0 Å². The van der Waals surface area contributed by atoms with E-state index in [9.17, 15) is 9.59 Å². The van der Waals surface area contributed by atoms with Gasteiger partial charge in [0.15, 0.2) is 0 Å². The molecule has 1 aliphatic heterocycles. The molecule has 1 aromatic rings. The molecule has 4 nitrogen and oxygen atoms in total. The van der Waals surface area contributed by atoms with Crippen molar-refractivity contribution in [1.82, 2.24) is 4.90 Å². The average molecular weight is 312 g/mol. The number of rotatable bonds is 5. The molecule has 0 N–H and O–H groups in total. The molecule has 0 bridgehead atoms. The fourth-order valence-electron chi connectivity index (χ4n) is 1.81. The fraction of sp³-hybridized carbons (Fsp3) is 0.286. The summed E-state index contributed by atoms with van der Waals surface area (Å²) >= 11 is 6.85. The van der Waals surface area contributed by atoms with Crippen LogP contribution < -0.4 is 0 Å². The van der Waals surface area contributed by atoms with Crippen molar-refractivity contribution in [2.75, 3.05) is 20.3 Å². The Bertz CT molecular complexity index is 559. The maximum Gasteiger partial charge on any atom is 0.293 e. The van der Waals surface area contributed by atoms with Crippen LogP contribution in [0.1, 0.15) is 12.0 Å². The van der Waals surface area contributed by atoms with E-state index in [1.807, 2.05) is 6.07 Å². The maximum absolute atomic E-state index is 12.1. The third-order valence-corrected chi connectivity index (χ3v) is 3.89. The van der Waals surface area contributed by atoms with E-state index in [0.717, 1.165) is 17.3 Å². The summed E-state index contributed by atoms with van der Waals surface area (Å²) in [6.45, 7) is 0.903. The summed E-state index contributed by atoms with van der Waals surface area (Å²) in [6, 6.07) is 7.15. The van der Waals surface area contributed by atoms with Crippen LogP contribution in [-0.4, -0.2) is 36.3 Å². The molecule has 1 aromatic carbocycles. The highest BCUT2D eigenvalue weighted by atomic mass is 35.5. The number of imide groups is 1. The molecule has 0 spiro atoms. The predicted molar refractivity (Wildman–Crippen MR) is 80.6 cm³/mol. The van der Waals surface area contributed by atoms with E-state index >= 15 is 0 Å². The number of carbonyl (C=O) groups is 2. The fourth-order valence-corrected chi connectivity index (χ4v) is 2.87. The van der Waals surface area contributed by atoms with Crippen LogP contribution in [0.15, 0.2) is 29.2 Å². The van der Waals surface area contributed by atoms with E-state index in [0.29, 0.717) is 29.5 Å². The van der Waals surface area contributed by atoms with Crippen LogP contribution in [0.25, 0.3) is 6.08 Å². The molecular weight excluding hydrogens is 298 g/mol. The Labute approximate surface area is 126 Å². The number of hydrogen-bond acceptors (Lipinski definition) is 4. The first-order valence-electron chi connectivity index (χ1n) is 6.11. The molecule has 1 fully saturated rings. The number of carbonyl (C=O) groups excluding carboxylic acids is 2. The molecule has 6 heteroatoms. The Morgan fingerprint density at radius 2 is 2.20 bits per heavy atom. The van der Waals surface area contributed by atoms with Crippen molar-refractivity contribution in [3.05, 3.63) is 39.8 Å². The number of thioether (sulfide) groups is 1. The van der Waals surface area contributed by atoms with Gasteiger partial charge >= 0.3 is 0 Å². The zero-order chi connectivity index (χ0) is 14.5. The molecule has 0 saturated carbocycles. The van der Waals surface area contributed by atoms with Gasteiger partial charge in [-0.25, -0.2) is 0 Å². The molecule has 1 heterocycles. The van der Waals surface area contributed by atoms with Crippen molar-refractivity contribution in [2.45, 2.75) is 6.42 Å². The van der Waals surface area contributed by atoms with Gasteiger partial charge in [-0.05, 0) is 42.0 Å². The van der Waals surface area contributed by atoms with Crippen molar-refractivity contribution in [3.8, 4) is 0 Å². The van der Waals surface area contributed by atoms with Gasteiger partial charge in [0.2, 0.25) is 0 Å². The van der Waals surface area contributed by atoms with Crippen LogP contribution in [0.5, 0.6) is 0 Å². The lowest BCUT2D eigenvalue weighted by Crippen LogP contribution is -2.29. The quantitative estimate of drug-likeness (QED) is 0.617. The van der Waals surface area contributed by atoms with Gasteiger partial charge in [0.1, 0.15) is 0 Å². The van der Waals surface area contributed by atoms with Crippen molar-refractivity contribution in [2.24, 2.45) is 0 Å².